The van der Waals surface area contributed by atoms with Crippen molar-refractivity contribution >= 4 is 0 Å². The lowest BCUT2D eigenvalue weighted by Crippen LogP contribution is -1.57. The first-order chi connectivity index (χ1) is 19.4. The zero-order valence-electron chi connectivity index (χ0n) is 20.1. The number of terminal acetylenes is 1. The summed E-state index contributed by atoms with van der Waals surface area (Å²) in [5, 5.41) is 0. The van der Waals surface area contributed by atoms with Crippen molar-refractivity contribution in [1.29, 1.82) is 0 Å². The molecule has 0 aliphatic rings. The Morgan fingerprint density at radius 2 is 0.333 bits per heavy atom. The van der Waals surface area contributed by atoms with Gasteiger partial charge in [0.2, 0.25) is 0 Å². The minimum Gasteiger partial charge on any atom is -0.106 e. The van der Waals surface area contributed by atoms with Gasteiger partial charge in [-0.25, -0.2) is 0 Å². The van der Waals surface area contributed by atoms with Gasteiger partial charge < -0.3 is 0 Å². The Balaban J connectivity index is 4.52. The molecular formula is C39H4. The molecule has 0 saturated heterocycles. The molecule has 0 atom stereocenters. The van der Waals surface area contributed by atoms with Crippen LogP contribution in [-0.4, -0.2) is 0 Å². The molecule has 0 radical (unpaired) electrons. The Bertz CT molecular complexity index is 2220. The molecule has 160 valence electrons. The molecule has 0 spiro atoms. The first-order valence-corrected chi connectivity index (χ1v) is 9.79. The second-order valence-electron chi connectivity index (χ2n) is 4.77. The van der Waals surface area contributed by atoms with Crippen LogP contribution in [-0.2, 0) is 0 Å². The largest absolute Gasteiger partial charge is 0.106 e. The highest BCUT2D eigenvalue weighted by Gasteiger charge is 1.60. The standard InChI is InChI=1S/C39H4/c1-3-5-7-9-11-13-15-17-19-21-23-25-27-29-31-33-35-37-39-38-36-34-32-30-28-26-24-22-20-18-16-14-12-10-8-6-4-2/h1H,2H3. The van der Waals surface area contributed by atoms with Crippen LogP contribution >= 0.6 is 0 Å². The summed E-state index contributed by atoms with van der Waals surface area (Å²) in [5.74, 6) is 91.9. The number of rotatable bonds is 0. The maximum atomic E-state index is 4.93. The molecule has 0 aliphatic carbocycles. The van der Waals surface area contributed by atoms with Crippen molar-refractivity contribution in [1.82, 2.24) is 0 Å². The molecule has 0 rings (SSSR count). The zero-order chi connectivity index (χ0) is 28.2. The summed E-state index contributed by atoms with van der Waals surface area (Å²) in [5.41, 5.74) is 0. The van der Waals surface area contributed by atoms with E-state index in [1.165, 1.54) is 0 Å². The molecule has 0 aromatic carbocycles. The van der Waals surface area contributed by atoms with Crippen molar-refractivity contribution < 1.29 is 0 Å². The van der Waals surface area contributed by atoms with E-state index in [2.05, 4.69) is 219 Å². The van der Waals surface area contributed by atoms with Gasteiger partial charge in [0.05, 0.1) is 0 Å². The maximum absolute atomic E-state index is 4.93. The quantitative estimate of drug-likeness (QED) is 0.456. The second-order valence-corrected chi connectivity index (χ2v) is 4.77. The minimum absolute atomic E-state index is 1.69. The topological polar surface area (TPSA) is 0 Å². The maximum Gasteiger partial charge on any atom is 0 e. The summed E-state index contributed by atoms with van der Waals surface area (Å²) < 4.78 is 0. The van der Waals surface area contributed by atoms with Crippen molar-refractivity contribution in [3.05, 3.63) is 0 Å². The molecule has 0 bridgehead atoms. The average molecular weight is 472 g/mol. The zero-order valence-corrected chi connectivity index (χ0v) is 20.1. The summed E-state index contributed by atoms with van der Waals surface area (Å²) in [4.78, 5) is 0. The Morgan fingerprint density at radius 1 is 0.205 bits per heavy atom. The van der Waals surface area contributed by atoms with Crippen molar-refractivity contribution in [3.63, 3.8) is 0 Å². The monoisotopic (exact) mass is 472 g/mol. The van der Waals surface area contributed by atoms with Crippen LogP contribution in [0.25, 0.3) is 0 Å². The van der Waals surface area contributed by atoms with E-state index >= 15 is 0 Å². The molecule has 0 heterocycles. The van der Waals surface area contributed by atoms with E-state index in [9.17, 15) is 0 Å². The smallest absolute Gasteiger partial charge is 0 e. The highest BCUT2D eigenvalue weighted by Crippen LogP contribution is 1.61. The van der Waals surface area contributed by atoms with Gasteiger partial charge in [-0.05, 0) is 102 Å². The van der Waals surface area contributed by atoms with E-state index in [-0.39, 0.29) is 0 Å². The molecule has 0 aliphatic heterocycles. The van der Waals surface area contributed by atoms with Crippen molar-refractivity contribution in [2.75, 3.05) is 0 Å². The van der Waals surface area contributed by atoms with Crippen LogP contribution in [0.2, 0.25) is 0 Å². The van der Waals surface area contributed by atoms with E-state index in [0.717, 1.165) is 0 Å². The molecule has 0 unspecified atom stereocenters. The van der Waals surface area contributed by atoms with Crippen LogP contribution in [0.4, 0.5) is 0 Å². The van der Waals surface area contributed by atoms with E-state index < -0.39 is 0 Å². The molecule has 0 nitrogen and oxygen atoms in total. The first kappa shape index (κ1) is 30.6. The summed E-state index contributed by atoms with van der Waals surface area (Å²) in [7, 11) is 0. The molecule has 0 N–H and O–H groups in total. The fourth-order valence-corrected chi connectivity index (χ4v) is 1.13. The van der Waals surface area contributed by atoms with Crippen molar-refractivity contribution in [2.24, 2.45) is 0 Å². The average Bonchev–Trinajstić information content (AvgIpc) is 2.95. The molecule has 0 amide bonds. The molecule has 0 fully saturated rings. The molecule has 39 heavy (non-hydrogen) atoms. The van der Waals surface area contributed by atoms with E-state index in [1.807, 2.05) is 0 Å². The fourth-order valence-electron chi connectivity index (χ4n) is 1.13. The summed E-state index contributed by atoms with van der Waals surface area (Å²) >= 11 is 0. The van der Waals surface area contributed by atoms with Gasteiger partial charge in [-0.1, -0.05) is 5.92 Å². The third-order valence-electron chi connectivity index (χ3n) is 2.32. The fraction of sp³-hybridized carbons (Fsp3) is 0.0256. The second kappa shape index (κ2) is 29.6. The summed E-state index contributed by atoms with van der Waals surface area (Å²) in [6, 6.07) is 0. The van der Waals surface area contributed by atoms with Crippen molar-refractivity contribution in [2.45, 2.75) is 6.92 Å². The lowest BCUT2D eigenvalue weighted by atomic mass is 10.4. The Morgan fingerprint density at radius 3 is 0.462 bits per heavy atom. The van der Waals surface area contributed by atoms with E-state index in [0.29, 0.717) is 0 Å². The van der Waals surface area contributed by atoms with Crippen LogP contribution in [0.5, 0.6) is 0 Å². The third-order valence-corrected chi connectivity index (χ3v) is 2.32. The minimum atomic E-state index is 1.69. The van der Waals surface area contributed by atoms with Crippen LogP contribution in [0.15, 0.2) is 0 Å². The van der Waals surface area contributed by atoms with Gasteiger partial charge in [0, 0.05) is 118 Å². The first-order valence-electron chi connectivity index (χ1n) is 9.79. The van der Waals surface area contributed by atoms with Gasteiger partial charge in [-0.15, -0.1) is 6.42 Å². The predicted octanol–water partition coefficient (Wildman–Crippen LogP) is 0.701. The Kier molecular flexibility index (Phi) is 23.3. The normalized spacial score (nSPS) is 3.90. The molecule has 0 aromatic heterocycles. The van der Waals surface area contributed by atoms with E-state index in [4.69, 9.17) is 6.42 Å². The van der Waals surface area contributed by atoms with E-state index in [1.54, 1.807) is 6.92 Å². The predicted molar refractivity (Wildman–Crippen MR) is 154 cm³/mol. The van der Waals surface area contributed by atoms with Gasteiger partial charge in [-0.3, -0.25) is 0 Å². The lowest BCUT2D eigenvalue weighted by molar-refractivity contribution is 1.92. The SMILES string of the molecule is C#CC#CC#CC#CC#CC#CC#CC#CC#CC#CC#CC#CC#CC#CC#CC#CC#CC#CC#CC. The highest BCUT2D eigenvalue weighted by atomic mass is 13.6. The highest BCUT2D eigenvalue weighted by molar-refractivity contribution is 5.49. The Hall–Kier alpha value is -8.36. The summed E-state index contributed by atoms with van der Waals surface area (Å²) in [6.45, 7) is 1.69. The summed E-state index contributed by atoms with van der Waals surface area (Å²) in [6.07, 6.45) is 4.93. The van der Waals surface area contributed by atoms with Gasteiger partial charge in [0.25, 0.3) is 0 Å². The molecule has 0 heteroatoms. The van der Waals surface area contributed by atoms with Crippen molar-refractivity contribution in [3.8, 4) is 225 Å². The van der Waals surface area contributed by atoms with Crippen LogP contribution in [0, 0.1) is 225 Å². The van der Waals surface area contributed by atoms with Crippen LogP contribution < -0.4 is 0 Å². The Labute approximate surface area is 232 Å². The molecular weight excluding hydrogens is 468 g/mol. The number of hydrogen-bond acceptors (Lipinski definition) is 0. The van der Waals surface area contributed by atoms with Gasteiger partial charge in [-0.2, -0.15) is 0 Å². The van der Waals surface area contributed by atoms with Crippen LogP contribution in [0.1, 0.15) is 6.92 Å². The number of hydrogen-bond donors (Lipinski definition) is 0. The molecule has 0 aromatic rings. The van der Waals surface area contributed by atoms with Gasteiger partial charge in [0.1, 0.15) is 0 Å². The lowest BCUT2D eigenvalue weighted by Gasteiger charge is -1.57. The van der Waals surface area contributed by atoms with Crippen LogP contribution in [0.3, 0.4) is 0 Å². The molecule has 0 saturated carbocycles. The van der Waals surface area contributed by atoms with Gasteiger partial charge >= 0.3 is 0 Å². The van der Waals surface area contributed by atoms with Gasteiger partial charge in [0.15, 0.2) is 0 Å². The third kappa shape index (κ3) is 29.6.